The van der Waals surface area contributed by atoms with Gasteiger partial charge in [0.2, 0.25) is 0 Å². The van der Waals surface area contributed by atoms with Crippen LogP contribution in [0.4, 0.5) is 0 Å². The Kier molecular flexibility index (Phi) is 31.7. The van der Waals surface area contributed by atoms with E-state index >= 15 is 0 Å². The van der Waals surface area contributed by atoms with Crippen LogP contribution in [0.1, 0.15) is 186 Å². The molecule has 0 aliphatic rings. The molecule has 0 aliphatic heterocycles. The minimum Gasteiger partial charge on any atom is -0.300 e. The van der Waals surface area contributed by atoms with Gasteiger partial charge in [-0.1, -0.05) is 154 Å². The third-order valence-corrected chi connectivity index (χ3v) is 8.92. The molecule has 0 aromatic carbocycles. The summed E-state index contributed by atoms with van der Waals surface area (Å²) in [4.78, 5) is 11.5. The summed E-state index contributed by atoms with van der Waals surface area (Å²) in [7, 11) is -2.87. The van der Waals surface area contributed by atoms with Crippen LogP contribution in [-0.4, -0.2) is 37.2 Å². The number of sulfone groups is 1. The predicted molar refractivity (Wildman–Crippen MR) is 208 cm³/mol. The molecule has 0 rings (SSSR count). The molecule has 0 spiro atoms. The highest BCUT2D eigenvalue weighted by Crippen LogP contribution is 2.26. The lowest BCUT2D eigenvalue weighted by molar-refractivity contribution is -0.121. The Bertz CT molecular complexity index is 737. The fourth-order valence-corrected chi connectivity index (χ4v) is 7.05. The van der Waals surface area contributed by atoms with Crippen molar-refractivity contribution in [2.45, 2.75) is 186 Å². The molecule has 0 atom stereocenters. The molecule has 43 heavy (non-hydrogen) atoms. The van der Waals surface area contributed by atoms with Crippen LogP contribution in [-0.2, 0) is 14.6 Å². The molecule has 0 N–H and O–H groups in total. The Balaban J connectivity index is -0.0000000866. The van der Waals surface area contributed by atoms with E-state index in [9.17, 15) is 13.2 Å². The van der Waals surface area contributed by atoms with E-state index in [1.807, 2.05) is 20.8 Å². The molecule has 0 fully saturated rings. The van der Waals surface area contributed by atoms with E-state index in [0.29, 0.717) is 28.8 Å². The number of hydrogen-bond acceptors (Lipinski definition) is 4. The maximum absolute atomic E-state index is 11.7. The van der Waals surface area contributed by atoms with Gasteiger partial charge in [0.25, 0.3) is 0 Å². The molecule has 0 radical (unpaired) electrons. The SMILES string of the molecule is C.C.C.C.CC(C)(C)CCC(=O)CC(C)(C)C.CC(C)(C)CCS(=O)(=O)CC(C)(C)C.CC(C)(C)CCSCC(C)(C)C. The van der Waals surface area contributed by atoms with Gasteiger partial charge in [-0.15, -0.1) is 0 Å². The van der Waals surface area contributed by atoms with Crippen molar-refractivity contribution in [1.82, 2.24) is 0 Å². The zero-order valence-electron chi connectivity index (χ0n) is 29.9. The number of rotatable bonds is 9. The molecule has 0 aliphatic carbocycles. The summed E-state index contributed by atoms with van der Waals surface area (Å²) in [5, 5.41) is 0. The summed E-state index contributed by atoms with van der Waals surface area (Å²) >= 11 is 2.09. The zero-order chi connectivity index (χ0) is 32.1. The Morgan fingerprint density at radius 1 is 0.512 bits per heavy atom. The third kappa shape index (κ3) is 61.7. The first-order valence-electron chi connectivity index (χ1n) is 15.0. The summed E-state index contributed by atoms with van der Waals surface area (Å²) in [6, 6.07) is 0. The number of hydrogen-bond donors (Lipinski definition) is 0. The van der Waals surface area contributed by atoms with Gasteiger partial charge in [-0.2, -0.15) is 11.8 Å². The lowest BCUT2D eigenvalue weighted by Gasteiger charge is -2.21. The van der Waals surface area contributed by atoms with Gasteiger partial charge in [0.1, 0.15) is 5.78 Å². The van der Waals surface area contributed by atoms with Crippen LogP contribution >= 0.6 is 11.8 Å². The van der Waals surface area contributed by atoms with Crippen LogP contribution in [0, 0.1) is 32.5 Å². The van der Waals surface area contributed by atoms with Gasteiger partial charge in [-0.3, -0.25) is 4.79 Å². The fourth-order valence-electron chi connectivity index (χ4n) is 3.14. The van der Waals surface area contributed by atoms with E-state index in [2.05, 4.69) is 116 Å². The molecule has 0 heterocycles. The van der Waals surface area contributed by atoms with E-state index in [-0.39, 0.29) is 57.1 Å². The summed E-state index contributed by atoms with van der Waals surface area (Å²) in [5.74, 6) is 3.59. The van der Waals surface area contributed by atoms with Crippen molar-refractivity contribution in [2.24, 2.45) is 32.5 Å². The van der Waals surface area contributed by atoms with Crippen molar-refractivity contribution in [3.05, 3.63) is 0 Å². The molecule has 270 valence electrons. The van der Waals surface area contributed by atoms with Crippen LogP contribution in [0.3, 0.4) is 0 Å². The molecule has 0 aromatic rings. The Morgan fingerprint density at radius 2 is 0.884 bits per heavy atom. The van der Waals surface area contributed by atoms with E-state index in [4.69, 9.17) is 0 Å². The zero-order valence-corrected chi connectivity index (χ0v) is 31.5. The van der Waals surface area contributed by atoms with Crippen molar-refractivity contribution in [3.8, 4) is 0 Å². The number of carbonyl (C=O) groups excluding carboxylic acids is 1. The first-order valence-corrected chi connectivity index (χ1v) is 18.0. The minimum absolute atomic E-state index is 0. The standard InChI is InChI=1S/C12H24O.C11H24O2S.C11H24S.4CH4/c1-11(2,3)8-7-10(13)9-12(4,5)6;1-10(2,3)7-8-14(12,13)9-11(4,5)6;1-10(2,3)7-8-12-9-11(4,5)6;;;;/h7-9H2,1-6H3;7-9H2,1-6H3;7-9H2,1-6H3;4*1H4. The maximum atomic E-state index is 11.7. The third-order valence-electron chi connectivity index (χ3n) is 5.23. The van der Waals surface area contributed by atoms with Crippen molar-refractivity contribution in [1.29, 1.82) is 0 Å². The van der Waals surface area contributed by atoms with Gasteiger partial charge in [0.05, 0.1) is 11.5 Å². The second-order valence-corrected chi connectivity index (χ2v) is 22.0. The van der Waals surface area contributed by atoms with Gasteiger partial charge in [-0.05, 0) is 63.3 Å². The monoisotopic (exact) mass is 657 g/mol. The van der Waals surface area contributed by atoms with E-state index < -0.39 is 9.84 Å². The van der Waals surface area contributed by atoms with E-state index in [1.165, 1.54) is 17.9 Å². The highest BCUT2D eigenvalue weighted by atomic mass is 32.2. The average molecular weight is 657 g/mol. The molecule has 5 heteroatoms. The number of Topliss-reactive ketones (excluding diaryl/α,β-unsaturated/α-hetero) is 1. The van der Waals surface area contributed by atoms with Crippen molar-refractivity contribution in [2.75, 3.05) is 23.0 Å². The summed E-state index contributed by atoms with van der Waals surface area (Å²) in [6.45, 7) is 38.8. The Hall–Kier alpha value is -0.0300. The second kappa shape index (κ2) is 23.3. The quantitative estimate of drug-likeness (QED) is 0.232. The van der Waals surface area contributed by atoms with Crippen LogP contribution in [0.15, 0.2) is 0 Å². The Labute approximate surface area is 281 Å². The highest BCUT2D eigenvalue weighted by molar-refractivity contribution is 7.99. The molecule has 0 aromatic heterocycles. The number of thioether (sulfide) groups is 1. The average Bonchev–Trinajstić information content (AvgIpc) is 2.57. The summed E-state index contributed by atoms with van der Waals surface area (Å²) in [5.41, 5.74) is 1.40. The molecule has 0 amide bonds. The first kappa shape index (κ1) is 58.5. The topological polar surface area (TPSA) is 51.2 Å². The largest absolute Gasteiger partial charge is 0.300 e. The van der Waals surface area contributed by atoms with Gasteiger partial charge < -0.3 is 0 Å². The van der Waals surface area contributed by atoms with E-state index in [0.717, 1.165) is 19.3 Å². The molecular formula is C38H88O3S2. The lowest BCUT2D eigenvalue weighted by Crippen LogP contribution is -2.25. The van der Waals surface area contributed by atoms with Crippen LogP contribution < -0.4 is 0 Å². The van der Waals surface area contributed by atoms with Crippen molar-refractivity contribution < 1.29 is 13.2 Å². The molecule has 0 unspecified atom stereocenters. The fraction of sp³-hybridized carbons (Fsp3) is 0.974. The van der Waals surface area contributed by atoms with Crippen LogP contribution in [0.2, 0.25) is 0 Å². The number of ketones is 1. The minimum atomic E-state index is -2.87. The van der Waals surface area contributed by atoms with Gasteiger partial charge >= 0.3 is 0 Å². The number of carbonyl (C=O) groups is 1. The predicted octanol–water partition coefficient (Wildman–Crippen LogP) is 13.4. The molecule has 0 saturated carbocycles. The molecule has 0 bridgehead atoms. The van der Waals surface area contributed by atoms with Crippen molar-refractivity contribution in [3.63, 3.8) is 0 Å². The normalized spacial score (nSPS) is 12.4. The summed E-state index contributed by atoms with van der Waals surface area (Å²) < 4.78 is 23.4. The van der Waals surface area contributed by atoms with Crippen LogP contribution in [0.5, 0.6) is 0 Å². The van der Waals surface area contributed by atoms with Gasteiger partial charge in [0.15, 0.2) is 9.84 Å². The molecular weight excluding hydrogens is 569 g/mol. The van der Waals surface area contributed by atoms with E-state index in [1.54, 1.807) is 0 Å². The second-order valence-electron chi connectivity index (χ2n) is 18.7. The smallest absolute Gasteiger partial charge is 0.150 e. The Morgan fingerprint density at radius 3 is 1.16 bits per heavy atom. The molecule has 3 nitrogen and oxygen atoms in total. The van der Waals surface area contributed by atoms with Gasteiger partial charge in [0, 0.05) is 12.8 Å². The molecule has 0 saturated heterocycles. The maximum Gasteiger partial charge on any atom is 0.150 e. The first-order chi connectivity index (χ1) is 16.7. The lowest BCUT2D eigenvalue weighted by atomic mass is 9.85. The summed E-state index contributed by atoms with van der Waals surface area (Å²) in [6.07, 6.45) is 4.52. The van der Waals surface area contributed by atoms with Gasteiger partial charge in [-0.25, -0.2) is 8.42 Å². The van der Waals surface area contributed by atoms with Crippen LogP contribution in [0.25, 0.3) is 0 Å². The van der Waals surface area contributed by atoms with Crippen molar-refractivity contribution >= 4 is 27.4 Å². The highest BCUT2D eigenvalue weighted by Gasteiger charge is 2.23.